The molecule has 2 heterocycles. The van der Waals surface area contributed by atoms with Crippen LogP contribution in [-0.2, 0) is 19.1 Å². The van der Waals surface area contributed by atoms with Gasteiger partial charge in [0.1, 0.15) is 17.8 Å². The SMILES string of the molecule is CC(=O)O[C@H]1/C=C/C(C)[C@@H](/C(C)=C/C=C/C(c2ccccn2)C(C)C)OC(=O)C[C@H](O)CC[C@@]1(C)O. The van der Waals surface area contributed by atoms with Crippen molar-refractivity contribution in [1.82, 2.24) is 4.98 Å². The lowest BCUT2D eigenvalue weighted by Crippen LogP contribution is -2.42. The summed E-state index contributed by atoms with van der Waals surface area (Å²) >= 11 is 0. The van der Waals surface area contributed by atoms with Crippen molar-refractivity contribution in [3.63, 3.8) is 0 Å². The third kappa shape index (κ3) is 9.03. The zero-order chi connectivity index (χ0) is 26.9. The largest absolute Gasteiger partial charge is 0.457 e. The normalized spacial score (nSPS) is 30.2. The third-order valence-electron chi connectivity index (χ3n) is 6.49. The van der Waals surface area contributed by atoms with Gasteiger partial charge in [0.05, 0.1) is 12.5 Å². The standard InChI is InChI=1S/C29H41NO6/c1-19(2)24(25-12-7-8-17-30-25)11-9-10-20(3)28-21(4)13-14-26(35-22(5)31)29(6,34)16-15-23(32)18-27(33)36-28/h7-14,17,19,21,23-24,26,28,32,34H,15-16,18H2,1-6H3/b11-9+,14-13+,20-10+/t21?,23-,24?,26+,28-,29-/m1/s1. The molecular formula is C29H41NO6. The fourth-order valence-electron chi connectivity index (χ4n) is 4.29. The van der Waals surface area contributed by atoms with Gasteiger partial charge in [0.15, 0.2) is 0 Å². The minimum absolute atomic E-state index is 0.133. The highest BCUT2D eigenvalue weighted by atomic mass is 16.6. The first-order valence-corrected chi connectivity index (χ1v) is 12.6. The smallest absolute Gasteiger partial charge is 0.309 e. The van der Waals surface area contributed by atoms with Crippen LogP contribution in [-0.4, -0.2) is 51.0 Å². The molecule has 2 rings (SSSR count). The predicted molar refractivity (Wildman–Crippen MR) is 139 cm³/mol. The van der Waals surface area contributed by atoms with Crippen molar-refractivity contribution in [1.29, 1.82) is 0 Å². The van der Waals surface area contributed by atoms with E-state index in [1.807, 2.05) is 44.2 Å². The van der Waals surface area contributed by atoms with Crippen molar-refractivity contribution in [3.05, 3.63) is 66.0 Å². The number of hydrogen-bond acceptors (Lipinski definition) is 7. The molecular weight excluding hydrogens is 458 g/mol. The lowest BCUT2D eigenvalue weighted by atomic mass is 9.88. The van der Waals surface area contributed by atoms with Gasteiger partial charge in [-0.2, -0.15) is 0 Å². The Morgan fingerprint density at radius 3 is 2.61 bits per heavy atom. The highest BCUT2D eigenvalue weighted by Crippen LogP contribution is 2.28. The number of hydrogen-bond donors (Lipinski definition) is 2. The van der Waals surface area contributed by atoms with Crippen LogP contribution >= 0.6 is 0 Å². The van der Waals surface area contributed by atoms with E-state index in [0.717, 1.165) is 11.3 Å². The molecule has 1 aliphatic heterocycles. The zero-order valence-electron chi connectivity index (χ0n) is 22.3. The maximum atomic E-state index is 12.6. The second kappa shape index (κ2) is 13.5. The summed E-state index contributed by atoms with van der Waals surface area (Å²) in [5, 5.41) is 21.3. The third-order valence-corrected chi connectivity index (χ3v) is 6.49. The molecule has 0 spiro atoms. The van der Waals surface area contributed by atoms with E-state index in [-0.39, 0.29) is 31.1 Å². The number of pyridine rings is 1. The maximum Gasteiger partial charge on any atom is 0.309 e. The summed E-state index contributed by atoms with van der Waals surface area (Å²) in [7, 11) is 0. The number of aliphatic hydroxyl groups is 2. The van der Waals surface area contributed by atoms with Crippen LogP contribution in [0, 0.1) is 11.8 Å². The van der Waals surface area contributed by atoms with Gasteiger partial charge in [-0.25, -0.2) is 0 Å². The monoisotopic (exact) mass is 499 g/mol. The van der Waals surface area contributed by atoms with E-state index in [9.17, 15) is 19.8 Å². The Labute approximate surface area is 214 Å². The molecule has 2 N–H and O–H groups in total. The van der Waals surface area contributed by atoms with Gasteiger partial charge < -0.3 is 19.7 Å². The van der Waals surface area contributed by atoms with Gasteiger partial charge >= 0.3 is 11.9 Å². The lowest BCUT2D eigenvalue weighted by molar-refractivity contribution is -0.157. The molecule has 36 heavy (non-hydrogen) atoms. The van der Waals surface area contributed by atoms with Gasteiger partial charge in [-0.3, -0.25) is 14.6 Å². The topological polar surface area (TPSA) is 106 Å². The first-order valence-electron chi connectivity index (χ1n) is 12.6. The van der Waals surface area contributed by atoms with Crippen molar-refractivity contribution in [2.24, 2.45) is 11.8 Å². The second-order valence-corrected chi connectivity index (χ2v) is 10.3. The van der Waals surface area contributed by atoms with Crippen LogP contribution in [0.15, 0.2) is 60.3 Å². The predicted octanol–water partition coefficient (Wildman–Crippen LogP) is 4.66. The van der Waals surface area contributed by atoms with Crippen molar-refractivity contribution < 1.29 is 29.3 Å². The molecule has 1 aromatic heterocycles. The molecule has 0 aromatic carbocycles. The first kappa shape index (κ1) is 29.5. The molecule has 198 valence electrons. The molecule has 2 unspecified atom stereocenters. The molecule has 0 fully saturated rings. The highest BCUT2D eigenvalue weighted by Gasteiger charge is 2.35. The summed E-state index contributed by atoms with van der Waals surface area (Å²) in [5.74, 6) is -0.816. The van der Waals surface area contributed by atoms with E-state index in [0.29, 0.717) is 5.92 Å². The average Bonchev–Trinajstić information content (AvgIpc) is 2.80. The van der Waals surface area contributed by atoms with Crippen molar-refractivity contribution in [2.75, 3.05) is 0 Å². The van der Waals surface area contributed by atoms with Crippen molar-refractivity contribution >= 4 is 11.9 Å². The number of aliphatic hydroxyl groups excluding tert-OH is 1. The number of rotatable bonds is 6. The van der Waals surface area contributed by atoms with Crippen LogP contribution < -0.4 is 0 Å². The molecule has 6 atom stereocenters. The minimum atomic E-state index is -1.40. The number of carbonyl (C=O) groups is 2. The number of allylic oxidation sites excluding steroid dienone is 3. The number of ether oxygens (including phenoxy) is 2. The van der Waals surface area contributed by atoms with E-state index in [1.165, 1.54) is 6.92 Å². The lowest BCUT2D eigenvalue weighted by Gasteiger charge is -2.32. The molecule has 7 nitrogen and oxygen atoms in total. The van der Waals surface area contributed by atoms with Crippen LogP contribution in [0.3, 0.4) is 0 Å². The fraction of sp³-hybridized carbons (Fsp3) is 0.552. The van der Waals surface area contributed by atoms with E-state index >= 15 is 0 Å². The molecule has 0 amide bonds. The summed E-state index contributed by atoms with van der Waals surface area (Å²) in [4.78, 5) is 28.7. The molecule has 1 aromatic rings. The Bertz CT molecular complexity index is 950. The van der Waals surface area contributed by atoms with Gasteiger partial charge in [-0.05, 0) is 56.4 Å². The van der Waals surface area contributed by atoms with Gasteiger partial charge in [0, 0.05) is 30.7 Å². The van der Waals surface area contributed by atoms with Crippen molar-refractivity contribution in [3.8, 4) is 0 Å². The fourth-order valence-corrected chi connectivity index (χ4v) is 4.29. The molecule has 0 bridgehead atoms. The Balaban J connectivity index is 2.34. The summed E-state index contributed by atoms with van der Waals surface area (Å²) in [6.45, 7) is 10.9. The van der Waals surface area contributed by atoms with Crippen LogP contribution in [0.25, 0.3) is 0 Å². The van der Waals surface area contributed by atoms with Gasteiger partial charge in [-0.1, -0.05) is 51.1 Å². The van der Waals surface area contributed by atoms with E-state index < -0.39 is 35.9 Å². The first-order chi connectivity index (χ1) is 16.9. The Hall–Kier alpha value is -2.77. The van der Waals surface area contributed by atoms with Gasteiger partial charge in [0.2, 0.25) is 0 Å². The van der Waals surface area contributed by atoms with Gasteiger partial charge in [-0.15, -0.1) is 0 Å². The van der Waals surface area contributed by atoms with E-state index in [1.54, 1.807) is 25.3 Å². The van der Waals surface area contributed by atoms with E-state index in [4.69, 9.17) is 9.47 Å². The number of carbonyl (C=O) groups excluding carboxylic acids is 2. The Kier molecular flexibility index (Phi) is 11.1. The Morgan fingerprint density at radius 1 is 1.28 bits per heavy atom. The molecule has 0 saturated heterocycles. The molecule has 0 saturated carbocycles. The van der Waals surface area contributed by atoms with Gasteiger partial charge in [0.25, 0.3) is 0 Å². The summed E-state index contributed by atoms with van der Waals surface area (Å²) < 4.78 is 11.2. The quantitative estimate of drug-likeness (QED) is 0.333. The number of aromatic nitrogens is 1. The number of nitrogens with zero attached hydrogens (tertiary/aromatic N) is 1. The van der Waals surface area contributed by atoms with Crippen LogP contribution in [0.1, 0.15) is 72.4 Å². The molecule has 0 aliphatic carbocycles. The zero-order valence-corrected chi connectivity index (χ0v) is 22.3. The molecule has 1 aliphatic rings. The van der Waals surface area contributed by atoms with Crippen molar-refractivity contribution in [2.45, 2.75) is 90.6 Å². The maximum absolute atomic E-state index is 12.6. The number of cyclic esters (lactones) is 1. The van der Waals surface area contributed by atoms with E-state index in [2.05, 4.69) is 24.9 Å². The van der Waals surface area contributed by atoms with Crippen LogP contribution in [0.2, 0.25) is 0 Å². The second-order valence-electron chi connectivity index (χ2n) is 10.3. The average molecular weight is 500 g/mol. The highest BCUT2D eigenvalue weighted by molar-refractivity contribution is 5.70. The summed E-state index contributed by atoms with van der Waals surface area (Å²) in [6, 6.07) is 5.87. The Morgan fingerprint density at radius 2 is 2.00 bits per heavy atom. The van der Waals surface area contributed by atoms with Crippen LogP contribution in [0.4, 0.5) is 0 Å². The molecule has 0 radical (unpaired) electrons. The summed E-state index contributed by atoms with van der Waals surface area (Å²) in [5.41, 5.74) is 0.413. The van der Waals surface area contributed by atoms with Crippen LogP contribution in [0.5, 0.6) is 0 Å². The minimum Gasteiger partial charge on any atom is -0.457 e. The summed E-state index contributed by atoms with van der Waals surface area (Å²) in [6.07, 6.45) is 8.85. The number of esters is 2. The molecule has 7 heteroatoms.